The number of hydrogen-bond donors (Lipinski definition) is 0. The average Bonchev–Trinajstić information content (AvgIpc) is 2.68. The second-order valence-corrected chi connectivity index (χ2v) is 5.25. The third-order valence-corrected chi connectivity index (χ3v) is 3.46. The minimum absolute atomic E-state index is 0.699. The van der Waals surface area contributed by atoms with Crippen molar-refractivity contribution >= 4 is 11.6 Å². The molecule has 94 valence electrons. The molecule has 1 fully saturated rings. The predicted molar refractivity (Wildman–Crippen MR) is 71.7 cm³/mol. The van der Waals surface area contributed by atoms with E-state index in [0.29, 0.717) is 6.61 Å². The number of benzene rings is 1. The van der Waals surface area contributed by atoms with Gasteiger partial charge in [0.2, 0.25) is 0 Å². The average molecular weight is 254 g/mol. The Morgan fingerprint density at radius 2 is 2.29 bits per heavy atom. The van der Waals surface area contributed by atoms with Gasteiger partial charge in [-0.1, -0.05) is 18.5 Å². The molecule has 0 aromatic heterocycles. The first-order chi connectivity index (χ1) is 8.19. The Balaban J connectivity index is 2.10. The second-order valence-electron chi connectivity index (χ2n) is 4.81. The molecule has 1 saturated heterocycles. The molecule has 0 bridgehead atoms. The van der Waals surface area contributed by atoms with Gasteiger partial charge in [0.25, 0.3) is 0 Å². The molecule has 0 unspecified atom stereocenters. The van der Waals surface area contributed by atoms with Crippen molar-refractivity contribution in [1.82, 2.24) is 4.90 Å². The Morgan fingerprint density at radius 1 is 1.47 bits per heavy atom. The normalized spacial score (nSPS) is 20.8. The van der Waals surface area contributed by atoms with Gasteiger partial charge < -0.3 is 4.74 Å². The van der Waals surface area contributed by atoms with Crippen molar-refractivity contribution in [2.45, 2.75) is 26.8 Å². The summed E-state index contributed by atoms with van der Waals surface area (Å²) >= 11 is 6.06. The maximum Gasteiger partial charge on any atom is 0.123 e. The summed E-state index contributed by atoms with van der Waals surface area (Å²) in [5, 5.41) is 0.788. The van der Waals surface area contributed by atoms with Gasteiger partial charge in [-0.2, -0.15) is 0 Å². The molecule has 0 spiro atoms. The zero-order chi connectivity index (χ0) is 12.3. The fourth-order valence-corrected chi connectivity index (χ4v) is 2.57. The van der Waals surface area contributed by atoms with Crippen LogP contribution < -0.4 is 4.74 Å². The molecule has 1 aromatic carbocycles. The van der Waals surface area contributed by atoms with Gasteiger partial charge in [-0.15, -0.1) is 0 Å². The number of nitrogens with zero attached hydrogens (tertiary/aromatic N) is 1. The van der Waals surface area contributed by atoms with E-state index >= 15 is 0 Å². The molecule has 0 saturated carbocycles. The van der Waals surface area contributed by atoms with Crippen LogP contribution in [-0.4, -0.2) is 24.6 Å². The Kier molecular flexibility index (Phi) is 4.30. The number of rotatable bonds is 4. The van der Waals surface area contributed by atoms with Crippen LogP contribution in [0.25, 0.3) is 0 Å². The molecule has 2 rings (SSSR count). The lowest BCUT2D eigenvalue weighted by atomic mass is 10.1. The minimum Gasteiger partial charge on any atom is -0.494 e. The van der Waals surface area contributed by atoms with Crippen molar-refractivity contribution in [3.8, 4) is 5.75 Å². The lowest BCUT2D eigenvalue weighted by Crippen LogP contribution is -2.20. The van der Waals surface area contributed by atoms with E-state index in [0.717, 1.165) is 23.2 Å². The van der Waals surface area contributed by atoms with E-state index in [1.807, 2.05) is 25.1 Å². The molecular formula is C14H20ClNO. The second kappa shape index (κ2) is 5.74. The molecule has 1 aliphatic heterocycles. The highest BCUT2D eigenvalue weighted by Gasteiger charge is 2.19. The molecule has 17 heavy (non-hydrogen) atoms. The van der Waals surface area contributed by atoms with E-state index in [9.17, 15) is 0 Å². The van der Waals surface area contributed by atoms with Crippen molar-refractivity contribution in [2.24, 2.45) is 5.92 Å². The van der Waals surface area contributed by atoms with Crippen LogP contribution in [0.15, 0.2) is 18.2 Å². The SMILES string of the molecule is CCOc1ccc(Cl)cc1CN1CC[C@@H](C)C1. The van der Waals surface area contributed by atoms with Crippen LogP contribution in [0.2, 0.25) is 5.02 Å². The highest BCUT2D eigenvalue weighted by Crippen LogP contribution is 2.26. The molecule has 0 aliphatic carbocycles. The minimum atomic E-state index is 0.699. The highest BCUT2D eigenvalue weighted by molar-refractivity contribution is 6.30. The van der Waals surface area contributed by atoms with E-state index in [1.54, 1.807) is 0 Å². The summed E-state index contributed by atoms with van der Waals surface area (Å²) < 4.78 is 5.64. The van der Waals surface area contributed by atoms with Gasteiger partial charge in [0.15, 0.2) is 0 Å². The van der Waals surface area contributed by atoms with E-state index in [-0.39, 0.29) is 0 Å². The fraction of sp³-hybridized carbons (Fsp3) is 0.571. The van der Waals surface area contributed by atoms with E-state index in [4.69, 9.17) is 16.3 Å². The molecular weight excluding hydrogens is 234 g/mol. The van der Waals surface area contributed by atoms with Gasteiger partial charge >= 0.3 is 0 Å². The van der Waals surface area contributed by atoms with Crippen molar-refractivity contribution in [2.75, 3.05) is 19.7 Å². The third kappa shape index (κ3) is 3.36. The number of halogens is 1. The summed E-state index contributed by atoms with van der Waals surface area (Å²) in [7, 11) is 0. The summed E-state index contributed by atoms with van der Waals surface area (Å²) in [5.41, 5.74) is 1.20. The fourth-order valence-electron chi connectivity index (χ4n) is 2.38. The molecule has 3 heteroatoms. The van der Waals surface area contributed by atoms with Crippen molar-refractivity contribution in [1.29, 1.82) is 0 Å². The summed E-state index contributed by atoms with van der Waals surface area (Å²) in [6.45, 7) is 8.32. The van der Waals surface area contributed by atoms with Crippen LogP contribution >= 0.6 is 11.6 Å². The Morgan fingerprint density at radius 3 is 2.94 bits per heavy atom. The third-order valence-electron chi connectivity index (χ3n) is 3.22. The van der Waals surface area contributed by atoms with Gasteiger partial charge in [0.1, 0.15) is 5.75 Å². The molecule has 0 amide bonds. The molecule has 1 heterocycles. The van der Waals surface area contributed by atoms with E-state index < -0.39 is 0 Å². The first kappa shape index (κ1) is 12.7. The summed E-state index contributed by atoms with van der Waals surface area (Å²) in [4.78, 5) is 2.47. The van der Waals surface area contributed by atoms with Crippen molar-refractivity contribution in [3.05, 3.63) is 28.8 Å². The molecule has 1 atom stereocenters. The van der Waals surface area contributed by atoms with Crippen LogP contribution in [0, 0.1) is 5.92 Å². The molecule has 2 nitrogen and oxygen atoms in total. The Labute approximate surface area is 109 Å². The van der Waals surface area contributed by atoms with Crippen LogP contribution in [0.4, 0.5) is 0 Å². The zero-order valence-corrected chi connectivity index (χ0v) is 11.3. The first-order valence-electron chi connectivity index (χ1n) is 6.32. The van der Waals surface area contributed by atoms with Crippen LogP contribution in [-0.2, 0) is 6.54 Å². The standard InChI is InChI=1S/C14H20ClNO/c1-3-17-14-5-4-13(15)8-12(14)10-16-7-6-11(2)9-16/h4-5,8,11H,3,6-7,9-10H2,1-2H3/t11-/m1/s1. The van der Waals surface area contributed by atoms with Crippen molar-refractivity contribution in [3.63, 3.8) is 0 Å². The lowest BCUT2D eigenvalue weighted by Gasteiger charge is -2.18. The predicted octanol–water partition coefficient (Wildman–Crippen LogP) is 3.58. The summed E-state index contributed by atoms with van der Waals surface area (Å²) in [5.74, 6) is 1.78. The van der Waals surface area contributed by atoms with E-state index in [1.165, 1.54) is 25.1 Å². The van der Waals surface area contributed by atoms with Gasteiger partial charge in [-0.3, -0.25) is 4.90 Å². The van der Waals surface area contributed by atoms with Crippen LogP contribution in [0.3, 0.4) is 0 Å². The van der Waals surface area contributed by atoms with Gasteiger partial charge in [0.05, 0.1) is 6.61 Å². The first-order valence-corrected chi connectivity index (χ1v) is 6.70. The van der Waals surface area contributed by atoms with Gasteiger partial charge in [-0.05, 0) is 44.0 Å². The van der Waals surface area contributed by atoms with Crippen molar-refractivity contribution < 1.29 is 4.74 Å². The highest BCUT2D eigenvalue weighted by atomic mass is 35.5. The number of ether oxygens (including phenoxy) is 1. The maximum absolute atomic E-state index is 6.06. The molecule has 1 aliphatic rings. The quantitative estimate of drug-likeness (QED) is 0.813. The maximum atomic E-state index is 6.06. The lowest BCUT2D eigenvalue weighted by molar-refractivity contribution is 0.299. The van der Waals surface area contributed by atoms with E-state index in [2.05, 4.69) is 11.8 Å². The van der Waals surface area contributed by atoms with Crippen LogP contribution in [0.5, 0.6) is 5.75 Å². The summed E-state index contributed by atoms with van der Waals surface area (Å²) in [6.07, 6.45) is 1.30. The summed E-state index contributed by atoms with van der Waals surface area (Å²) in [6, 6.07) is 5.89. The molecule has 0 radical (unpaired) electrons. The Hall–Kier alpha value is -0.730. The largest absolute Gasteiger partial charge is 0.494 e. The van der Waals surface area contributed by atoms with Crippen LogP contribution in [0.1, 0.15) is 25.8 Å². The topological polar surface area (TPSA) is 12.5 Å². The Bertz CT molecular complexity index is 380. The monoisotopic (exact) mass is 253 g/mol. The smallest absolute Gasteiger partial charge is 0.123 e. The number of hydrogen-bond acceptors (Lipinski definition) is 2. The van der Waals surface area contributed by atoms with Gasteiger partial charge in [0, 0.05) is 23.7 Å². The van der Waals surface area contributed by atoms with Gasteiger partial charge in [-0.25, -0.2) is 0 Å². The molecule has 1 aromatic rings. The zero-order valence-electron chi connectivity index (χ0n) is 10.6. The number of likely N-dealkylation sites (tertiary alicyclic amines) is 1. The molecule has 0 N–H and O–H groups in total.